The van der Waals surface area contributed by atoms with E-state index in [1.807, 2.05) is 6.07 Å². The zero-order chi connectivity index (χ0) is 13.2. The number of hydrogen-bond donors (Lipinski definition) is 0. The number of fused-ring (bicyclic) bond motifs is 1. The van der Waals surface area contributed by atoms with Crippen LogP contribution in [-0.2, 0) is 12.8 Å². The van der Waals surface area contributed by atoms with Crippen LogP contribution in [0.1, 0.15) is 17.7 Å². The second kappa shape index (κ2) is 5.47. The van der Waals surface area contributed by atoms with Crippen molar-refractivity contribution in [1.82, 2.24) is 4.98 Å². The number of alkyl halides is 4. The van der Waals surface area contributed by atoms with Crippen molar-refractivity contribution < 1.29 is 13.2 Å². The van der Waals surface area contributed by atoms with Gasteiger partial charge in [0.15, 0.2) is 0 Å². The van der Waals surface area contributed by atoms with Gasteiger partial charge in [-0.25, -0.2) is 4.98 Å². The van der Waals surface area contributed by atoms with Crippen LogP contribution in [0.5, 0.6) is 0 Å². The Labute approximate surface area is 112 Å². The average molecular weight is 323 g/mol. The van der Waals surface area contributed by atoms with Crippen molar-refractivity contribution in [1.29, 1.82) is 0 Å². The van der Waals surface area contributed by atoms with Crippen LogP contribution in [0.4, 0.5) is 19.0 Å². The van der Waals surface area contributed by atoms with E-state index < -0.39 is 12.7 Å². The van der Waals surface area contributed by atoms with E-state index in [0.29, 0.717) is 17.7 Å². The number of aryl methyl sites for hydroxylation is 2. The molecule has 1 heterocycles. The normalized spacial score (nSPS) is 14.7. The molecular formula is C12H14BrF3N2. The van der Waals surface area contributed by atoms with Crippen molar-refractivity contribution in [2.45, 2.75) is 25.4 Å². The van der Waals surface area contributed by atoms with Crippen molar-refractivity contribution in [2.75, 3.05) is 23.3 Å². The monoisotopic (exact) mass is 322 g/mol. The molecule has 1 aromatic rings. The lowest BCUT2D eigenvalue weighted by molar-refractivity contribution is -0.119. The Morgan fingerprint density at radius 1 is 1.28 bits per heavy atom. The SMILES string of the molecule is FC(F)(F)CN(CCBr)c1ccc2c(n1)CCC2. The first-order valence-corrected chi connectivity index (χ1v) is 6.98. The number of rotatable bonds is 4. The van der Waals surface area contributed by atoms with Crippen LogP contribution >= 0.6 is 15.9 Å². The lowest BCUT2D eigenvalue weighted by atomic mass is 10.2. The molecule has 0 N–H and O–H groups in total. The standard InChI is InChI=1S/C12H14BrF3N2/c13-6-7-18(8-12(14,15)16)11-5-4-9-2-1-3-10(9)17-11/h4-5H,1-3,6-8H2. The maximum Gasteiger partial charge on any atom is 0.405 e. The maximum atomic E-state index is 12.5. The van der Waals surface area contributed by atoms with Gasteiger partial charge in [0.25, 0.3) is 0 Å². The number of aromatic nitrogens is 1. The highest BCUT2D eigenvalue weighted by molar-refractivity contribution is 9.09. The Morgan fingerprint density at radius 3 is 2.72 bits per heavy atom. The third-order valence-corrected chi connectivity index (χ3v) is 3.32. The van der Waals surface area contributed by atoms with Gasteiger partial charge in [-0.1, -0.05) is 22.0 Å². The minimum absolute atomic E-state index is 0.297. The molecule has 2 rings (SSSR count). The van der Waals surface area contributed by atoms with Crippen molar-refractivity contribution in [3.8, 4) is 0 Å². The summed E-state index contributed by atoms with van der Waals surface area (Å²) >= 11 is 3.18. The highest BCUT2D eigenvalue weighted by atomic mass is 79.9. The van der Waals surface area contributed by atoms with E-state index in [-0.39, 0.29) is 0 Å². The highest BCUT2D eigenvalue weighted by Crippen LogP contribution is 2.25. The predicted molar refractivity (Wildman–Crippen MR) is 68.3 cm³/mol. The fraction of sp³-hybridized carbons (Fsp3) is 0.583. The Hall–Kier alpha value is -0.780. The van der Waals surface area contributed by atoms with Crippen LogP contribution in [0.15, 0.2) is 12.1 Å². The summed E-state index contributed by atoms with van der Waals surface area (Å²) in [5.74, 6) is 0.424. The number of pyridine rings is 1. The van der Waals surface area contributed by atoms with E-state index in [4.69, 9.17) is 0 Å². The fourth-order valence-electron chi connectivity index (χ4n) is 2.18. The van der Waals surface area contributed by atoms with Gasteiger partial charge < -0.3 is 4.90 Å². The van der Waals surface area contributed by atoms with Crippen molar-refractivity contribution >= 4 is 21.7 Å². The van der Waals surface area contributed by atoms with Gasteiger partial charge in [0.1, 0.15) is 12.4 Å². The zero-order valence-electron chi connectivity index (χ0n) is 9.80. The topological polar surface area (TPSA) is 16.1 Å². The van der Waals surface area contributed by atoms with Crippen LogP contribution in [0.2, 0.25) is 0 Å². The van der Waals surface area contributed by atoms with Gasteiger partial charge in [0.2, 0.25) is 0 Å². The zero-order valence-corrected chi connectivity index (χ0v) is 11.4. The molecule has 0 spiro atoms. The number of anilines is 1. The summed E-state index contributed by atoms with van der Waals surface area (Å²) in [6.45, 7) is -0.657. The van der Waals surface area contributed by atoms with Gasteiger partial charge in [-0.15, -0.1) is 0 Å². The van der Waals surface area contributed by atoms with Crippen molar-refractivity contribution in [3.63, 3.8) is 0 Å². The molecule has 0 saturated heterocycles. The molecule has 0 amide bonds. The van der Waals surface area contributed by atoms with Gasteiger partial charge in [-0.3, -0.25) is 0 Å². The van der Waals surface area contributed by atoms with Crippen molar-refractivity contribution in [3.05, 3.63) is 23.4 Å². The molecule has 0 aliphatic heterocycles. The van der Waals surface area contributed by atoms with Crippen LogP contribution in [-0.4, -0.2) is 29.6 Å². The summed E-state index contributed by atoms with van der Waals surface area (Å²) in [6, 6.07) is 3.60. The molecule has 0 unspecified atom stereocenters. The van der Waals surface area contributed by atoms with Gasteiger partial charge in [-0.05, 0) is 30.9 Å². The minimum Gasteiger partial charge on any atom is -0.347 e. The molecular weight excluding hydrogens is 309 g/mol. The number of hydrogen-bond acceptors (Lipinski definition) is 2. The lowest BCUT2D eigenvalue weighted by Crippen LogP contribution is -2.36. The van der Waals surface area contributed by atoms with E-state index in [2.05, 4.69) is 20.9 Å². The Bertz CT molecular complexity index is 420. The summed E-state index contributed by atoms with van der Waals surface area (Å²) in [4.78, 5) is 5.63. The first-order chi connectivity index (χ1) is 8.49. The van der Waals surface area contributed by atoms with Crippen LogP contribution in [0, 0.1) is 0 Å². The third-order valence-electron chi connectivity index (χ3n) is 2.96. The number of nitrogens with zero attached hydrogens (tertiary/aromatic N) is 2. The molecule has 0 aromatic carbocycles. The lowest BCUT2D eigenvalue weighted by Gasteiger charge is -2.24. The molecule has 2 nitrogen and oxygen atoms in total. The summed E-state index contributed by atoms with van der Waals surface area (Å²) in [5, 5.41) is 0.488. The van der Waals surface area contributed by atoms with E-state index in [9.17, 15) is 13.2 Å². The van der Waals surface area contributed by atoms with Crippen LogP contribution in [0.25, 0.3) is 0 Å². The molecule has 0 radical (unpaired) electrons. The first kappa shape index (κ1) is 13.6. The largest absolute Gasteiger partial charge is 0.405 e. The Balaban J connectivity index is 2.20. The molecule has 1 aromatic heterocycles. The highest BCUT2D eigenvalue weighted by Gasteiger charge is 2.31. The summed E-state index contributed by atoms with van der Waals surface area (Å²) in [5.41, 5.74) is 2.12. The first-order valence-electron chi connectivity index (χ1n) is 5.86. The van der Waals surface area contributed by atoms with E-state index in [0.717, 1.165) is 25.0 Å². The Morgan fingerprint density at radius 2 is 2.06 bits per heavy atom. The smallest absolute Gasteiger partial charge is 0.347 e. The second-order valence-corrected chi connectivity index (χ2v) is 5.15. The Kier molecular flexibility index (Phi) is 4.14. The fourth-order valence-corrected chi connectivity index (χ4v) is 2.61. The molecule has 0 atom stereocenters. The van der Waals surface area contributed by atoms with Crippen LogP contribution < -0.4 is 4.90 Å². The molecule has 1 aliphatic carbocycles. The van der Waals surface area contributed by atoms with Gasteiger partial charge >= 0.3 is 6.18 Å². The quantitative estimate of drug-likeness (QED) is 0.790. The average Bonchev–Trinajstić information content (AvgIpc) is 2.73. The molecule has 0 bridgehead atoms. The van der Waals surface area contributed by atoms with Gasteiger partial charge in [-0.2, -0.15) is 13.2 Å². The third kappa shape index (κ3) is 3.37. The maximum absolute atomic E-state index is 12.5. The molecule has 100 valence electrons. The number of halogens is 4. The van der Waals surface area contributed by atoms with E-state index in [1.54, 1.807) is 6.07 Å². The molecule has 6 heteroatoms. The second-order valence-electron chi connectivity index (χ2n) is 4.35. The summed E-state index contributed by atoms with van der Waals surface area (Å²) in [7, 11) is 0. The van der Waals surface area contributed by atoms with Gasteiger partial charge in [0.05, 0.1) is 0 Å². The molecule has 0 saturated carbocycles. The molecule has 1 aliphatic rings. The molecule has 0 fully saturated rings. The van der Waals surface area contributed by atoms with Crippen LogP contribution in [0.3, 0.4) is 0 Å². The van der Waals surface area contributed by atoms with Gasteiger partial charge in [0, 0.05) is 17.6 Å². The summed E-state index contributed by atoms with van der Waals surface area (Å²) < 4.78 is 37.5. The summed E-state index contributed by atoms with van der Waals surface area (Å²) in [6.07, 6.45) is -1.30. The van der Waals surface area contributed by atoms with Crippen molar-refractivity contribution in [2.24, 2.45) is 0 Å². The molecule has 18 heavy (non-hydrogen) atoms. The van der Waals surface area contributed by atoms with E-state index in [1.165, 1.54) is 10.5 Å². The minimum atomic E-state index is -4.21. The predicted octanol–water partition coefficient (Wildman–Crippen LogP) is 3.33. The van der Waals surface area contributed by atoms with E-state index >= 15 is 0 Å².